The summed E-state index contributed by atoms with van der Waals surface area (Å²) in [4.78, 5) is 28.9. The number of carbonyl (C=O) groups excluding carboxylic acids is 2. The highest BCUT2D eigenvalue weighted by molar-refractivity contribution is 5.95. The molecule has 2 aromatic rings. The van der Waals surface area contributed by atoms with E-state index in [1.54, 1.807) is 20.8 Å². The molecule has 1 aromatic carbocycles. The minimum atomic E-state index is -0.761. The molecule has 0 radical (unpaired) electrons. The van der Waals surface area contributed by atoms with Gasteiger partial charge in [-0.2, -0.15) is 4.99 Å². The van der Waals surface area contributed by atoms with Gasteiger partial charge in [0.05, 0.1) is 12.5 Å². The number of esters is 1. The van der Waals surface area contributed by atoms with Crippen LogP contribution in [-0.2, 0) is 37.2 Å². The summed E-state index contributed by atoms with van der Waals surface area (Å²) in [5.41, 5.74) is 1.34. The number of carbonyl (C=O) groups is 2. The molecule has 1 aromatic heterocycles. The molecule has 0 saturated carbocycles. The number of ether oxygens (including phenoxy) is 4. The molecule has 2 unspecified atom stereocenters. The summed E-state index contributed by atoms with van der Waals surface area (Å²) < 4.78 is 24.0. The van der Waals surface area contributed by atoms with Crippen molar-refractivity contribution >= 4 is 29.2 Å². The van der Waals surface area contributed by atoms with Crippen LogP contribution in [-0.4, -0.2) is 53.6 Å². The Morgan fingerprint density at radius 3 is 2.69 bits per heavy atom. The molecule has 2 heterocycles. The zero-order chi connectivity index (χ0) is 23.5. The van der Waals surface area contributed by atoms with E-state index >= 15 is 0 Å². The van der Waals surface area contributed by atoms with Gasteiger partial charge in [0.25, 0.3) is 0 Å². The van der Waals surface area contributed by atoms with Gasteiger partial charge in [0.1, 0.15) is 18.3 Å². The summed E-state index contributed by atoms with van der Waals surface area (Å²) in [6.45, 7) is 9.31. The summed E-state index contributed by atoms with van der Waals surface area (Å²) >= 11 is 0. The fourth-order valence-corrected chi connectivity index (χ4v) is 3.59. The minimum absolute atomic E-state index is 0.0641. The van der Waals surface area contributed by atoms with Crippen LogP contribution in [0, 0.1) is 5.92 Å². The van der Waals surface area contributed by atoms with Crippen molar-refractivity contribution in [3.8, 4) is 0 Å². The lowest BCUT2D eigenvalue weighted by atomic mass is 10.00. The Kier molecular flexibility index (Phi) is 7.05. The topological polar surface area (TPSA) is 88.4 Å². The summed E-state index contributed by atoms with van der Waals surface area (Å²) in [6.07, 6.45) is 2.54. The van der Waals surface area contributed by atoms with Crippen LogP contribution in [0.3, 0.4) is 0 Å². The summed E-state index contributed by atoms with van der Waals surface area (Å²) in [5, 5.41) is 1.03. The Balaban J connectivity index is 1.75. The second-order valence-electron chi connectivity index (χ2n) is 9.43. The second kappa shape index (κ2) is 9.42. The van der Waals surface area contributed by atoms with Crippen LogP contribution in [0.1, 0.15) is 40.2 Å². The van der Waals surface area contributed by atoms with E-state index in [1.807, 2.05) is 55.9 Å². The van der Waals surface area contributed by atoms with Gasteiger partial charge in [-0.25, -0.2) is 4.79 Å². The highest BCUT2D eigenvalue weighted by Crippen LogP contribution is 2.25. The molecular formula is C24H32N2O6. The molecule has 1 fully saturated rings. The third kappa shape index (κ3) is 6.40. The lowest BCUT2D eigenvalue weighted by Crippen LogP contribution is -2.29. The maximum atomic E-state index is 12.9. The molecular weight excluding hydrogens is 412 g/mol. The minimum Gasteiger partial charge on any atom is -0.462 e. The first kappa shape index (κ1) is 23.9. The van der Waals surface area contributed by atoms with Crippen molar-refractivity contribution in [3.63, 3.8) is 0 Å². The number of nitrogens with zero attached hydrogens (tertiary/aromatic N) is 2. The van der Waals surface area contributed by atoms with Gasteiger partial charge in [-0.15, -0.1) is 0 Å². The van der Waals surface area contributed by atoms with Crippen molar-refractivity contribution in [2.75, 3.05) is 13.2 Å². The van der Waals surface area contributed by atoms with Gasteiger partial charge < -0.3 is 23.5 Å². The van der Waals surface area contributed by atoms with Gasteiger partial charge >= 0.3 is 12.1 Å². The molecule has 8 heteroatoms. The van der Waals surface area contributed by atoms with E-state index in [4.69, 9.17) is 18.9 Å². The predicted octanol–water partition coefficient (Wildman–Crippen LogP) is 4.04. The summed E-state index contributed by atoms with van der Waals surface area (Å²) in [6, 6.07) is 7.93. The van der Waals surface area contributed by atoms with Crippen LogP contribution < -0.4 is 0 Å². The third-order valence-electron chi connectivity index (χ3n) is 4.95. The number of aromatic nitrogens is 1. The lowest BCUT2D eigenvalue weighted by Gasteiger charge is -2.18. The van der Waals surface area contributed by atoms with E-state index in [9.17, 15) is 9.59 Å². The van der Waals surface area contributed by atoms with E-state index < -0.39 is 29.4 Å². The number of rotatable bonds is 6. The van der Waals surface area contributed by atoms with Crippen LogP contribution in [0.2, 0.25) is 0 Å². The first-order valence-electron chi connectivity index (χ1n) is 10.7. The van der Waals surface area contributed by atoms with Crippen LogP contribution in [0.5, 0.6) is 0 Å². The maximum absolute atomic E-state index is 12.9. The SMILES string of the molecule is Cn1cc(CC(/C=N\C(=O)OC(C)(C)C)C(=O)OCC2COC(C)(C)O2)c2ccccc21. The predicted molar refractivity (Wildman–Crippen MR) is 121 cm³/mol. The van der Waals surface area contributed by atoms with Crippen molar-refractivity contribution in [1.29, 1.82) is 0 Å². The van der Waals surface area contributed by atoms with Gasteiger partial charge in [0.2, 0.25) is 0 Å². The van der Waals surface area contributed by atoms with Crippen molar-refractivity contribution in [2.24, 2.45) is 18.0 Å². The molecule has 1 amide bonds. The van der Waals surface area contributed by atoms with Gasteiger partial charge in [0.15, 0.2) is 5.79 Å². The van der Waals surface area contributed by atoms with Crippen molar-refractivity contribution in [3.05, 3.63) is 36.0 Å². The van der Waals surface area contributed by atoms with Crippen LogP contribution in [0.25, 0.3) is 10.9 Å². The van der Waals surface area contributed by atoms with Gasteiger partial charge in [0, 0.05) is 30.4 Å². The summed E-state index contributed by atoms with van der Waals surface area (Å²) in [5.74, 6) is -1.94. The number of benzene rings is 1. The molecule has 1 saturated heterocycles. The monoisotopic (exact) mass is 444 g/mol. The summed E-state index contributed by atoms with van der Waals surface area (Å²) in [7, 11) is 1.95. The van der Waals surface area contributed by atoms with Crippen molar-refractivity contribution in [1.82, 2.24) is 4.57 Å². The molecule has 3 rings (SSSR count). The number of aryl methyl sites for hydroxylation is 1. The fourth-order valence-electron chi connectivity index (χ4n) is 3.59. The highest BCUT2D eigenvalue weighted by Gasteiger charge is 2.34. The normalized spacial score (nSPS) is 19.4. The van der Waals surface area contributed by atoms with E-state index in [1.165, 1.54) is 6.21 Å². The number of fused-ring (bicyclic) bond motifs is 1. The molecule has 0 bridgehead atoms. The molecule has 1 aliphatic heterocycles. The smallest absolute Gasteiger partial charge is 0.433 e. The molecule has 0 spiro atoms. The average Bonchev–Trinajstić information content (AvgIpc) is 3.21. The average molecular weight is 445 g/mol. The standard InChI is InChI=1S/C24H32N2O6/c1-23(2,3)32-22(28)25-12-16(21(27)29-14-18-15-30-24(4,5)31-18)11-17-13-26(6)20-10-8-7-9-19(17)20/h7-10,12-13,16,18H,11,14-15H2,1-6H3/b25-12-. The highest BCUT2D eigenvalue weighted by atomic mass is 16.7. The number of amides is 1. The van der Waals surface area contributed by atoms with Crippen LogP contribution in [0.4, 0.5) is 4.79 Å². The molecule has 174 valence electrons. The second-order valence-corrected chi connectivity index (χ2v) is 9.43. The van der Waals surface area contributed by atoms with Crippen LogP contribution >= 0.6 is 0 Å². The van der Waals surface area contributed by atoms with E-state index in [0.717, 1.165) is 16.5 Å². The first-order valence-corrected chi connectivity index (χ1v) is 10.7. The van der Waals surface area contributed by atoms with Gasteiger partial charge in [-0.3, -0.25) is 4.79 Å². The molecule has 0 aliphatic carbocycles. The molecule has 0 N–H and O–H groups in total. The number of hydrogen-bond acceptors (Lipinski definition) is 6. The molecule has 2 atom stereocenters. The molecule has 32 heavy (non-hydrogen) atoms. The molecule has 1 aliphatic rings. The Bertz CT molecular complexity index is 1000. The zero-order valence-electron chi connectivity index (χ0n) is 19.6. The van der Waals surface area contributed by atoms with Gasteiger partial charge in [-0.1, -0.05) is 18.2 Å². The maximum Gasteiger partial charge on any atom is 0.433 e. The van der Waals surface area contributed by atoms with Crippen molar-refractivity contribution < 1.29 is 28.5 Å². The third-order valence-corrected chi connectivity index (χ3v) is 4.95. The quantitative estimate of drug-likeness (QED) is 0.494. The van der Waals surface area contributed by atoms with Gasteiger partial charge in [-0.05, 0) is 52.7 Å². The molecule has 8 nitrogen and oxygen atoms in total. The number of hydrogen-bond donors (Lipinski definition) is 0. The van der Waals surface area contributed by atoms with Crippen molar-refractivity contribution in [2.45, 2.75) is 58.5 Å². The zero-order valence-corrected chi connectivity index (χ0v) is 19.6. The van der Waals surface area contributed by atoms with E-state index in [2.05, 4.69) is 4.99 Å². The Hall–Kier alpha value is -2.71. The van der Waals surface area contributed by atoms with E-state index in [0.29, 0.717) is 13.0 Å². The van der Waals surface area contributed by atoms with E-state index in [-0.39, 0.29) is 12.7 Å². The number of aliphatic imine (C=N–C) groups is 1. The first-order chi connectivity index (χ1) is 14.9. The Morgan fingerprint density at radius 2 is 2.03 bits per heavy atom. The number of para-hydroxylation sites is 1. The Morgan fingerprint density at radius 1 is 1.31 bits per heavy atom. The largest absolute Gasteiger partial charge is 0.462 e. The lowest BCUT2D eigenvalue weighted by molar-refractivity contribution is -0.159. The van der Waals surface area contributed by atoms with Crippen LogP contribution in [0.15, 0.2) is 35.5 Å². The fraction of sp³-hybridized carbons (Fsp3) is 0.542. The Labute approximate surface area is 188 Å².